The Labute approximate surface area is 219 Å². The molecule has 0 bridgehead atoms. The lowest BCUT2D eigenvalue weighted by Gasteiger charge is -2.18. The van der Waals surface area contributed by atoms with Crippen LogP contribution in [0.5, 0.6) is 0 Å². The van der Waals surface area contributed by atoms with E-state index in [1.54, 1.807) is 6.07 Å². The minimum atomic E-state index is -0.679. The van der Waals surface area contributed by atoms with Gasteiger partial charge in [-0.3, -0.25) is 14.2 Å². The highest BCUT2D eigenvalue weighted by molar-refractivity contribution is 5.82. The zero-order valence-corrected chi connectivity index (χ0v) is 21.0. The number of nitrogens with two attached hydrogens (primary N) is 1. The maximum Gasteiger partial charge on any atom is 0.420 e. The minimum absolute atomic E-state index is 0.120. The molecule has 4 rings (SSSR count). The van der Waals surface area contributed by atoms with Crippen LogP contribution in [0, 0.1) is 11.3 Å². The molecule has 2 amide bonds. The molecule has 1 aliphatic heterocycles. The summed E-state index contributed by atoms with van der Waals surface area (Å²) in [7, 11) is 0. The largest absolute Gasteiger partial charge is 0.420 e. The first-order valence-corrected chi connectivity index (χ1v) is 12.6. The van der Waals surface area contributed by atoms with Crippen LogP contribution in [0.25, 0.3) is 22.2 Å². The number of ether oxygens (including phenoxy) is 2. The smallest absolute Gasteiger partial charge is 0.408 e. The SMILES string of the molecule is N#C[C@H](Cc1ccc(-c2ccc3oc(=O)n(CCOCCC(N)=O)c3c2)cc1)NC(=O)[C@@H]1CNCCCO1. The van der Waals surface area contributed by atoms with E-state index >= 15 is 0 Å². The summed E-state index contributed by atoms with van der Waals surface area (Å²) in [4.78, 5) is 35.7. The highest BCUT2D eigenvalue weighted by Crippen LogP contribution is 2.25. The number of hydrogen-bond donors (Lipinski definition) is 3. The molecule has 2 aromatic carbocycles. The van der Waals surface area contributed by atoms with Gasteiger partial charge in [0.15, 0.2) is 5.58 Å². The molecule has 1 aliphatic rings. The minimum Gasteiger partial charge on any atom is -0.408 e. The third-order valence-electron chi connectivity index (χ3n) is 6.26. The van der Waals surface area contributed by atoms with Crippen LogP contribution in [0.1, 0.15) is 18.4 Å². The highest BCUT2D eigenvalue weighted by atomic mass is 16.5. The van der Waals surface area contributed by atoms with Crippen molar-refractivity contribution in [2.45, 2.75) is 38.0 Å². The summed E-state index contributed by atoms with van der Waals surface area (Å²) in [5.74, 6) is -1.22. The van der Waals surface area contributed by atoms with Crippen LogP contribution in [0.4, 0.5) is 0 Å². The average molecular weight is 522 g/mol. The predicted octanol–water partition coefficient (Wildman–Crippen LogP) is 1.08. The van der Waals surface area contributed by atoms with E-state index < -0.39 is 23.8 Å². The molecule has 2 atom stereocenters. The zero-order chi connectivity index (χ0) is 26.9. The van der Waals surface area contributed by atoms with Gasteiger partial charge in [0, 0.05) is 26.0 Å². The molecule has 0 radical (unpaired) electrons. The van der Waals surface area contributed by atoms with Crippen molar-refractivity contribution in [3.05, 3.63) is 58.6 Å². The summed E-state index contributed by atoms with van der Waals surface area (Å²) < 4.78 is 17.8. The number of aromatic nitrogens is 1. The van der Waals surface area contributed by atoms with Crippen molar-refractivity contribution in [3.63, 3.8) is 0 Å². The molecule has 2 heterocycles. The van der Waals surface area contributed by atoms with E-state index in [1.807, 2.05) is 36.4 Å². The number of primary amides is 1. The molecule has 1 saturated heterocycles. The molecule has 0 aliphatic carbocycles. The van der Waals surface area contributed by atoms with Crippen LogP contribution in [0.3, 0.4) is 0 Å². The van der Waals surface area contributed by atoms with Gasteiger partial charge >= 0.3 is 5.76 Å². The number of nitrogens with zero attached hydrogens (tertiary/aromatic N) is 2. The fraction of sp³-hybridized carbons (Fsp3) is 0.407. The lowest BCUT2D eigenvalue weighted by Crippen LogP contribution is -2.46. The fourth-order valence-corrected chi connectivity index (χ4v) is 4.23. The van der Waals surface area contributed by atoms with E-state index in [-0.39, 0.29) is 32.1 Å². The van der Waals surface area contributed by atoms with Gasteiger partial charge in [0.2, 0.25) is 5.91 Å². The normalized spacial score (nSPS) is 16.4. The van der Waals surface area contributed by atoms with E-state index in [9.17, 15) is 19.6 Å². The average Bonchev–Trinajstić information content (AvgIpc) is 3.06. The van der Waals surface area contributed by atoms with Crippen molar-refractivity contribution in [2.75, 3.05) is 32.9 Å². The molecule has 0 unspecified atom stereocenters. The molecule has 1 aromatic heterocycles. The van der Waals surface area contributed by atoms with E-state index in [0.717, 1.165) is 29.7 Å². The van der Waals surface area contributed by atoms with Gasteiger partial charge in [-0.1, -0.05) is 30.3 Å². The Balaban J connectivity index is 1.40. The molecule has 1 fully saturated rings. The van der Waals surface area contributed by atoms with Crippen LogP contribution in [0.15, 0.2) is 51.7 Å². The van der Waals surface area contributed by atoms with Crippen LogP contribution in [-0.2, 0) is 32.0 Å². The summed E-state index contributed by atoms with van der Waals surface area (Å²) in [6, 6.07) is 14.7. The van der Waals surface area contributed by atoms with E-state index in [0.29, 0.717) is 30.7 Å². The second kappa shape index (κ2) is 13.0. The first kappa shape index (κ1) is 27.1. The van der Waals surface area contributed by atoms with Gasteiger partial charge < -0.3 is 30.3 Å². The summed E-state index contributed by atoms with van der Waals surface area (Å²) in [6.45, 7) is 2.44. The molecular formula is C27H31N5O6. The number of fused-ring (bicyclic) bond motifs is 1. The van der Waals surface area contributed by atoms with Gasteiger partial charge in [-0.05, 0) is 41.8 Å². The van der Waals surface area contributed by atoms with Gasteiger partial charge in [-0.25, -0.2) is 4.79 Å². The Morgan fingerprint density at radius 2 is 2.00 bits per heavy atom. The Morgan fingerprint density at radius 1 is 1.21 bits per heavy atom. The Morgan fingerprint density at radius 3 is 2.76 bits per heavy atom. The van der Waals surface area contributed by atoms with Crippen LogP contribution < -0.4 is 22.1 Å². The Bertz CT molecular complexity index is 1350. The topological polar surface area (TPSA) is 162 Å². The van der Waals surface area contributed by atoms with Crippen molar-refractivity contribution in [1.29, 1.82) is 5.26 Å². The summed E-state index contributed by atoms with van der Waals surface area (Å²) in [5.41, 5.74) is 8.91. The Hall–Kier alpha value is -3.98. The van der Waals surface area contributed by atoms with Crippen molar-refractivity contribution in [2.24, 2.45) is 5.73 Å². The summed E-state index contributed by atoms with van der Waals surface area (Å²) in [5, 5.41) is 15.5. The number of rotatable bonds is 11. The predicted molar refractivity (Wildman–Crippen MR) is 139 cm³/mol. The monoisotopic (exact) mass is 521 g/mol. The standard InChI is InChI=1S/C27H31N5O6/c28-16-21(31-26(34)24-17-30-9-1-11-37-24)14-18-2-4-19(5-3-18)20-6-7-23-22(15-20)32(27(35)38-23)10-13-36-12-8-25(29)33/h2-7,15,21,24,30H,1,8-14,17H2,(H2,29,33)(H,31,34)/t21-,24-/m0/s1. The number of nitrogens with one attached hydrogen (secondary N) is 2. The fourth-order valence-electron chi connectivity index (χ4n) is 4.23. The number of carbonyl (C=O) groups excluding carboxylic acids is 2. The first-order valence-electron chi connectivity index (χ1n) is 12.6. The van der Waals surface area contributed by atoms with Crippen molar-refractivity contribution in [3.8, 4) is 17.2 Å². The number of benzene rings is 2. The molecule has 38 heavy (non-hydrogen) atoms. The second-order valence-corrected chi connectivity index (χ2v) is 9.04. The quantitative estimate of drug-likeness (QED) is 0.316. The number of carbonyl (C=O) groups is 2. The molecule has 11 nitrogen and oxygen atoms in total. The molecular weight excluding hydrogens is 490 g/mol. The molecule has 0 saturated carbocycles. The van der Waals surface area contributed by atoms with Crippen molar-refractivity contribution < 1.29 is 23.5 Å². The number of oxazole rings is 1. The number of nitriles is 1. The van der Waals surface area contributed by atoms with E-state index in [4.69, 9.17) is 19.6 Å². The lowest BCUT2D eigenvalue weighted by molar-refractivity contribution is -0.132. The van der Waals surface area contributed by atoms with Crippen LogP contribution in [0.2, 0.25) is 0 Å². The van der Waals surface area contributed by atoms with Gasteiger partial charge in [0.1, 0.15) is 12.1 Å². The summed E-state index contributed by atoms with van der Waals surface area (Å²) in [6.07, 6.45) is 0.719. The molecule has 4 N–H and O–H groups in total. The lowest BCUT2D eigenvalue weighted by atomic mass is 10.0. The molecule has 200 valence electrons. The molecule has 3 aromatic rings. The van der Waals surface area contributed by atoms with E-state index in [2.05, 4.69) is 16.7 Å². The van der Waals surface area contributed by atoms with Gasteiger partial charge in [-0.15, -0.1) is 0 Å². The maximum atomic E-state index is 12.5. The second-order valence-electron chi connectivity index (χ2n) is 9.04. The van der Waals surface area contributed by atoms with Gasteiger partial charge in [-0.2, -0.15) is 5.26 Å². The van der Waals surface area contributed by atoms with Crippen LogP contribution in [-0.4, -0.2) is 61.4 Å². The zero-order valence-electron chi connectivity index (χ0n) is 21.0. The van der Waals surface area contributed by atoms with Gasteiger partial charge in [0.25, 0.3) is 5.91 Å². The van der Waals surface area contributed by atoms with E-state index in [1.165, 1.54) is 4.57 Å². The number of amides is 2. The molecule has 0 spiro atoms. The number of hydrogen-bond acceptors (Lipinski definition) is 8. The highest BCUT2D eigenvalue weighted by Gasteiger charge is 2.23. The van der Waals surface area contributed by atoms with Crippen LogP contribution >= 0.6 is 0 Å². The third-order valence-corrected chi connectivity index (χ3v) is 6.26. The van der Waals surface area contributed by atoms with Gasteiger partial charge in [0.05, 0.1) is 31.3 Å². The Kier molecular flexibility index (Phi) is 9.26. The van der Waals surface area contributed by atoms with Crippen molar-refractivity contribution >= 4 is 22.9 Å². The van der Waals surface area contributed by atoms with Crippen molar-refractivity contribution in [1.82, 2.24) is 15.2 Å². The molecule has 11 heteroatoms. The maximum absolute atomic E-state index is 12.5. The summed E-state index contributed by atoms with van der Waals surface area (Å²) >= 11 is 0. The third kappa shape index (κ3) is 7.07. The first-order chi connectivity index (χ1) is 18.4.